The zero-order valence-electron chi connectivity index (χ0n) is 19.6. The second-order valence-corrected chi connectivity index (χ2v) is 9.39. The quantitative estimate of drug-likeness (QED) is 0.494. The Morgan fingerprint density at radius 3 is 2.06 bits per heavy atom. The molecule has 0 saturated heterocycles. The van der Waals surface area contributed by atoms with Crippen molar-refractivity contribution < 1.29 is 24.2 Å². The van der Waals surface area contributed by atoms with Gasteiger partial charge in [-0.2, -0.15) is 0 Å². The van der Waals surface area contributed by atoms with Gasteiger partial charge in [0.25, 0.3) is 0 Å². The van der Waals surface area contributed by atoms with Gasteiger partial charge < -0.3 is 19.9 Å². The molecule has 1 unspecified atom stereocenters. The first-order chi connectivity index (χ1) is 16.2. The number of hydrogen-bond donors (Lipinski definition) is 2. The van der Waals surface area contributed by atoms with Gasteiger partial charge in [-0.15, -0.1) is 0 Å². The van der Waals surface area contributed by atoms with Crippen LogP contribution in [0.5, 0.6) is 5.75 Å². The van der Waals surface area contributed by atoms with Crippen LogP contribution in [0.25, 0.3) is 11.1 Å². The molecule has 0 spiro atoms. The van der Waals surface area contributed by atoms with Crippen LogP contribution in [0.2, 0.25) is 0 Å². The number of benzene rings is 3. The Labute approximate surface area is 199 Å². The molecule has 6 heteroatoms. The molecule has 0 aromatic heterocycles. The minimum Gasteiger partial charge on any atom is -0.488 e. The Balaban J connectivity index is 1.44. The van der Waals surface area contributed by atoms with E-state index in [0.29, 0.717) is 11.3 Å². The minimum atomic E-state index is -1.15. The molecule has 2 N–H and O–H groups in total. The number of carbonyl (C=O) groups excluding carboxylic acids is 1. The average molecular weight is 460 g/mol. The van der Waals surface area contributed by atoms with Gasteiger partial charge in [-0.25, -0.2) is 9.59 Å². The van der Waals surface area contributed by atoms with Crippen LogP contribution in [0, 0.1) is 0 Å². The Morgan fingerprint density at radius 2 is 1.47 bits per heavy atom. The van der Waals surface area contributed by atoms with Crippen LogP contribution in [0.3, 0.4) is 0 Å². The standard InChI is InChI=1S/C28H29NO5/c1-28(2,3)34-25-15-9-4-10-18(25)16-24(26(30)31)29-27(32)33-17-23-21-13-7-5-11-19(21)20-12-6-8-14-22(20)23/h4-15,23-24H,16-17H2,1-3H3,(H,29,32)(H,30,31). The maximum atomic E-state index is 12.6. The monoisotopic (exact) mass is 459 g/mol. The molecule has 0 aliphatic heterocycles. The summed E-state index contributed by atoms with van der Waals surface area (Å²) in [5, 5.41) is 12.2. The molecular weight excluding hydrogens is 430 g/mol. The van der Waals surface area contributed by atoms with E-state index in [4.69, 9.17) is 9.47 Å². The van der Waals surface area contributed by atoms with E-state index in [0.717, 1.165) is 22.3 Å². The highest BCUT2D eigenvalue weighted by atomic mass is 16.5. The number of aliphatic carboxylic acids is 1. The Kier molecular flexibility index (Phi) is 6.59. The van der Waals surface area contributed by atoms with Crippen molar-refractivity contribution in [1.82, 2.24) is 5.32 Å². The molecule has 3 aromatic rings. The summed E-state index contributed by atoms with van der Waals surface area (Å²) in [6.45, 7) is 5.89. The molecule has 0 saturated carbocycles. The Hall–Kier alpha value is -3.80. The molecule has 34 heavy (non-hydrogen) atoms. The smallest absolute Gasteiger partial charge is 0.407 e. The van der Waals surface area contributed by atoms with Crippen LogP contribution in [0.15, 0.2) is 72.8 Å². The van der Waals surface area contributed by atoms with Crippen LogP contribution < -0.4 is 10.1 Å². The summed E-state index contributed by atoms with van der Waals surface area (Å²) in [5.41, 5.74) is 4.72. The Bertz CT molecular complexity index is 1150. The van der Waals surface area contributed by atoms with Gasteiger partial charge in [0.1, 0.15) is 24.0 Å². The summed E-state index contributed by atoms with van der Waals surface area (Å²) in [6, 6.07) is 22.2. The van der Waals surface area contributed by atoms with Crippen LogP contribution in [-0.4, -0.2) is 35.4 Å². The second-order valence-electron chi connectivity index (χ2n) is 9.39. The van der Waals surface area contributed by atoms with Gasteiger partial charge in [0.15, 0.2) is 0 Å². The number of carboxylic acid groups (broad SMARTS) is 1. The summed E-state index contributed by atoms with van der Waals surface area (Å²) in [5.74, 6) is -0.642. The summed E-state index contributed by atoms with van der Waals surface area (Å²) in [4.78, 5) is 24.5. The molecule has 0 bridgehead atoms. The molecule has 0 fully saturated rings. The molecule has 1 aliphatic rings. The minimum absolute atomic E-state index is 0.0752. The summed E-state index contributed by atoms with van der Waals surface area (Å²) < 4.78 is 11.5. The number of alkyl carbamates (subject to hydrolysis) is 1. The molecule has 4 rings (SSSR count). The lowest BCUT2D eigenvalue weighted by atomic mass is 9.98. The topological polar surface area (TPSA) is 84.9 Å². The van der Waals surface area contributed by atoms with Crippen molar-refractivity contribution in [2.24, 2.45) is 0 Å². The molecule has 0 radical (unpaired) electrons. The van der Waals surface area contributed by atoms with E-state index in [1.807, 2.05) is 69.3 Å². The molecule has 1 atom stereocenters. The van der Waals surface area contributed by atoms with Gasteiger partial charge in [-0.1, -0.05) is 66.7 Å². The van der Waals surface area contributed by atoms with E-state index in [9.17, 15) is 14.7 Å². The van der Waals surface area contributed by atoms with E-state index < -0.39 is 23.7 Å². The third-order valence-electron chi connectivity index (χ3n) is 5.75. The number of rotatable bonds is 7. The molecule has 1 amide bonds. The van der Waals surface area contributed by atoms with Crippen molar-refractivity contribution in [2.75, 3.05) is 6.61 Å². The van der Waals surface area contributed by atoms with E-state index >= 15 is 0 Å². The van der Waals surface area contributed by atoms with Gasteiger partial charge in [0.2, 0.25) is 0 Å². The van der Waals surface area contributed by atoms with Crippen molar-refractivity contribution in [1.29, 1.82) is 0 Å². The van der Waals surface area contributed by atoms with Gasteiger partial charge in [0.05, 0.1) is 0 Å². The Morgan fingerprint density at radius 1 is 0.912 bits per heavy atom. The van der Waals surface area contributed by atoms with E-state index in [1.54, 1.807) is 12.1 Å². The van der Waals surface area contributed by atoms with Crippen molar-refractivity contribution in [3.05, 3.63) is 89.5 Å². The molecular formula is C28H29NO5. The summed E-state index contributed by atoms with van der Waals surface area (Å²) >= 11 is 0. The molecule has 6 nitrogen and oxygen atoms in total. The fourth-order valence-electron chi connectivity index (χ4n) is 4.30. The molecule has 3 aromatic carbocycles. The highest BCUT2D eigenvalue weighted by Gasteiger charge is 2.30. The maximum Gasteiger partial charge on any atom is 0.407 e. The largest absolute Gasteiger partial charge is 0.488 e. The fourth-order valence-corrected chi connectivity index (χ4v) is 4.30. The maximum absolute atomic E-state index is 12.6. The predicted octanol–water partition coefficient (Wildman–Crippen LogP) is 5.40. The van der Waals surface area contributed by atoms with E-state index in [1.165, 1.54) is 0 Å². The first kappa shape index (κ1) is 23.4. The van der Waals surface area contributed by atoms with Crippen LogP contribution >= 0.6 is 0 Å². The number of ether oxygens (including phenoxy) is 2. The lowest BCUT2D eigenvalue weighted by molar-refractivity contribution is -0.139. The molecule has 0 heterocycles. The van der Waals surface area contributed by atoms with Crippen molar-refractivity contribution in [2.45, 2.75) is 44.8 Å². The fraction of sp³-hybridized carbons (Fsp3) is 0.286. The lowest BCUT2D eigenvalue weighted by Crippen LogP contribution is -2.43. The van der Waals surface area contributed by atoms with Crippen molar-refractivity contribution in [3.63, 3.8) is 0 Å². The number of carbonyl (C=O) groups is 2. The summed E-state index contributed by atoms with van der Waals surface area (Å²) in [6.07, 6.45) is -0.685. The first-order valence-corrected chi connectivity index (χ1v) is 11.3. The number of carboxylic acids is 1. The number of para-hydroxylation sites is 1. The molecule has 1 aliphatic carbocycles. The average Bonchev–Trinajstić information content (AvgIpc) is 3.11. The SMILES string of the molecule is CC(C)(C)Oc1ccccc1CC(NC(=O)OCC1c2ccccc2-c2ccccc21)C(=O)O. The van der Waals surface area contributed by atoms with Gasteiger partial charge in [-0.05, 0) is 54.7 Å². The number of amides is 1. The zero-order chi connectivity index (χ0) is 24.3. The number of nitrogens with one attached hydrogen (secondary N) is 1. The van der Waals surface area contributed by atoms with Gasteiger partial charge in [0, 0.05) is 12.3 Å². The zero-order valence-corrected chi connectivity index (χ0v) is 19.6. The highest BCUT2D eigenvalue weighted by Crippen LogP contribution is 2.44. The lowest BCUT2D eigenvalue weighted by Gasteiger charge is -2.24. The highest BCUT2D eigenvalue weighted by molar-refractivity contribution is 5.81. The van der Waals surface area contributed by atoms with Crippen LogP contribution in [0.1, 0.15) is 43.4 Å². The normalized spacial score (nSPS) is 13.5. The van der Waals surface area contributed by atoms with Crippen molar-refractivity contribution >= 4 is 12.1 Å². The first-order valence-electron chi connectivity index (χ1n) is 11.3. The number of hydrogen-bond acceptors (Lipinski definition) is 4. The third-order valence-corrected chi connectivity index (χ3v) is 5.75. The van der Waals surface area contributed by atoms with Gasteiger partial charge in [-0.3, -0.25) is 0 Å². The predicted molar refractivity (Wildman–Crippen MR) is 130 cm³/mol. The van der Waals surface area contributed by atoms with E-state index in [-0.39, 0.29) is 18.9 Å². The van der Waals surface area contributed by atoms with Gasteiger partial charge >= 0.3 is 12.1 Å². The second kappa shape index (κ2) is 9.59. The van der Waals surface area contributed by atoms with Crippen molar-refractivity contribution in [3.8, 4) is 16.9 Å². The van der Waals surface area contributed by atoms with E-state index in [2.05, 4.69) is 17.4 Å². The molecule has 176 valence electrons. The van der Waals surface area contributed by atoms with Crippen LogP contribution in [-0.2, 0) is 16.0 Å². The van der Waals surface area contributed by atoms with Crippen LogP contribution in [0.4, 0.5) is 4.79 Å². The number of fused-ring (bicyclic) bond motifs is 3. The summed E-state index contributed by atoms with van der Waals surface area (Å²) in [7, 11) is 0. The third kappa shape index (κ3) is 5.22.